The second-order valence-corrected chi connectivity index (χ2v) is 14.5. The van der Waals surface area contributed by atoms with Gasteiger partial charge in [-0.15, -0.1) is 0 Å². The van der Waals surface area contributed by atoms with Gasteiger partial charge in [-0.25, -0.2) is 0 Å². The second-order valence-electron chi connectivity index (χ2n) is 14.5. The Morgan fingerprint density at radius 3 is 1.60 bits per heavy atom. The lowest BCUT2D eigenvalue weighted by molar-refractivity contribution is 0.660. The van der Waals surface area contributed by atoms with E-state index >= 15 is 0 Å². The molecule has 252 valence electrons. The van der Waals surface area contributed by atoms with Crippen molar-refractivity contribution in [1.82, 2.24) is 0 Å². The molecule has 0 aliphatic heterocycles. The van der Waals surface area contributed by atoms with Crippen molar-refractivity contribution in [3.63, 3.8) is 0 Å². The molecule has 1 aromatic heterocycles. The molecule has 0 amide bonds. The van der Waals surface area contributed by atoms with Crippen LogP contribution in [0.1, 0.15) is 25.0 Å². The summed E-state index contributed by atoms with van der Waals surface area (Å²) >= 11 is 0. The molecule has 0 saturated heterocycles. The molecule has 0 atom stereocenters. The molecule has 0 fully saturated rings. The summed E-state index contributed by atoms with van der Waals surface area (Å²) in [5.41, 5.74) is 17.3. The monoisotopic (exact) mass is 679 g/mol. The zero-order valence-electron chi connectivity index (χ0n) is 29.8. The third-order valence-corrected chi connectivity index (χ3v) is 11.1. The molecular weight excluding hydrogens is 643 g/mol. The standard InChI is InChI=1S/C51H37NO/c1-51(2)44-21-11-9-18-42(44)48-40(20-13-22-45(48)51)41-32-33-46(49-43-19-10-12-23-47(43)53-50(41)49)52(38-28-24-36(25-29-38)34-14-5-3-6-15-34)39-30-26-37(27-31-39)35-16-7-4-8-17-35/h3-33H,1-2H3. The zero-order chi connectivity index (χ0) is 35.5. The number of benzene rings is 8. The fraction of sp³-hybridized carbons (Fsp3) is 0.0588. The molecule has 2 heteroatoms. The van der Waals surface area contributed by atoms with E-state index in [1.54, 1.807) is 0 Å². The second kappa shape index (κ2) is 12.3. The van der Waals surface area contributed by atoms with Crippen molar-refractivity contribution in [2.75, 3.05) is 4.90 Å². The first-order valence-corrected chi connectivity index (χ1v) is 18.4. The third-order valence-electron chi connectivity index (χ3n) is 11.1. The molecule has 0 radical (unpaired) electrons. The predicted octanol–water partition coefficient (Wildman–Crippen LogP) is 14.4. The molecule has 0 unspecified atom stereocenters. The van der Waals surface area contributed by atoms with Gasteiger partial charge in [0.15, 0.2) is 0 Å². The van der Waals surface area contributed by atoms with Crippen LogP contribution in [0.5, 0.6) is 0 Å². The van der Waals surface area contributed by atoms with Crippen molar-refractivity contribution in [2.24, 2.45) is 0 Å². The van der Waals surface area contributed by atoms with E-state index in [1.165, 1.54) is 50.1 Å². The van der Waals surface area contributed by atoms with Crippen LogP contribution in [0.3, 0.4) is 0 Å². The summed E-state index contributed by atoms with van der Waals surface area (Å²) in [7, 11) is 0. The van der Waals surface area contributed by atoms with Crippen LogP contribution in [0.25, 0.3) is 66.4 Å². The SMILES string of the molecule is CC1(C)c2ccccc2-c2c(-c3ccc(N(c4ccc(-c5ccccc5)cc4)c4ccc(-c5ccccc5)cc4)c4c3oc3ccccc34)cccc21. The minimum atomic E-state index is -0.0938. The molecule has 1 heterocycles. The van der Waals surface area contributed by atoms with E-state index < -0.39 is 0 Å². The minimum absolute atomic E-state index is 0.0938. The molecule has 9 aromatic rings. The Balaban J connectivity index is 1.21. The number of para-hydroxylation sites is 1. The Morgan fingerprint density at radius 1 is 0.415 bits per heavy atom. The van der Waals surface area contributed by atoms with Gasteiger partial charge < -0.3 is 9.32 Å². The van der Waals surface area contributed by atoms with Gasteiger partial charge in [0.05, 0.1) is 11.1 Å². The van der Waals surface area contributed by atoms with Crippen LogP contribution in [-0.2, 0) is 5.41 Å². The molecule has 0 bridgehead atoms. The van der Waals surface area contributed by atoms with Gasteiger partial charge in [0, 0.05) is 27.7 Å². The number of fused-ring (bicyclic) bond motifs is 6. The van der Waals surface area contributed by atoms with Gasteiger partial charge in [-0.2, -0.15) is 0 Å². The van der Waals surface area contributed by atoms with E-state index in [4.69, 9.17) is 4.42 Å². The molecule has 1 aliphatic rings. The van der Waals surface area contributed by atoms with Crippen molar-refractivity contribution < 1.29 is 4.42 Å². The van der Waals surface area contributed by atoms with E-state index in [0.717, 1.165) is 44.6 Å². The highest BCUT2D eigenvalue weighted by molar-refractivity contribution is 6.18. The summed E-state index contributed by atoms with van der Waals surface area (Å²) in [6.07, 6.45) is 0. The first-order chi connectivity index (χ1) is 26.1. The quantitative estimate of drug-likeness (QED) is 0.174. The third kappa shape index (κ3) is 5.02. The molecule has 0 saturated carbocycles. The maximum atomic E-state index is 6.93. The van der Waals surface area contributed by atoms with Gasteiger partial charge in [-0.1, -0.05) is 159 Å². The fourth-order valence-corrected chi connectivity index (χ4v) is 8.48. The molecule has 2 nitrogen and oxygen atoms in total. The van der Waals surface area contributed by atoms with Crippen LogP contribution in [0, 0.1) is 0 Å². The number of rotatable bonds is 6. The number of nitrogens with zero attached hydrogens (tertiary/aromatic N) is 1. The normalized spacial score (nSPS) is 12.9. The molecule has 0 N–H and O–H groups in total. The number of hydrogen-bond donors (Lipinski definition) is 0. The summed E-state index contributed by atoms with van der Waals surface area (Å²) in [6, 6.07) is 67.6. The molecule has 0 spiro atoms. The van der Waals surface area contributed by atoms with Crippen LogP contribution in [0.15, 0.2) is 192 Å². The van der Waals surface area contributed by atoms with Gasteiger partial charge in [0.1, 0.15) is 11.2 Å². The topological polar surface area (TPSA) is 16.4 Å². The van der Waals surface area contributed by atoms with Gasteiger partial charge in [-0.05, 0) is 92.5 Å². The van der Waals surface area contributed by atoms with Crippen molar-refractivity contribution in [3.05, 3.63) is 199 Å². The van der Waals surface area contributed by atoms with Gasteiger partial charge in [-0.3, -0.25) is 0 Å². The lowest BCUT2D eigenvalue weighted by Gasteiger charge is -2.27. The van der Waals surface area contributed by atoms with Crippen LogP contribution in [0.2, 0.25) is 0 Å². The Labute approximate surface area is 310 Å². The lowest BCUT2D eigenvalue weighted by Crippen LogP contribution is -2.14. The summed E-state index contributed by atoms with van der Waals surface area (Å²) in [5, 5.41) is 2.19. The van der Waals surface area contributed by atoms with Crippen LogP contribution >= 0.6 is 0 Å². The summed E-state index contributed by atoms with van der Waals surface area (Å²) in [4.78, 5) is 2.38. The maximum absolute atomic E-state index is 6.93. The van der Waals surface area contributed by atoms with Crippen molar-refractivity contribution in [1.29, 1.82) is 0 Å². The van der Waals surface area contributed by atoms with Gasteiger partial charge >= 0.3 is 0 Å². The molecule has 53 heavy (non-hydrogen) atoms. The molecule has 10 rings (SSSR count). The average molecular weight is 680 g/mol. The first-order valence-electron chi connectivity index (χ1n) is 18.4. The number of anilines is 3. The van der Waals surface area contributed by atoms with E-state index in [1.807, 2.05) is 0 Å². The molecular formula is C51H37NO. The lowest BCUT2D eigenvalue weighted by atomic mass is 9.82. The minimum Gasteiger partial charge on any atom is -0.455 e. The van der Waals surface area contributed by atoms with Crippen LogP contribution in [0.4, 0.5) is 17.1 Å². The van der Waals surface area contributed by atoms with Crippen LogP contribution < -0.4 is 4.90 Å². The highest BCUT2D eigenvalue weighted by Gasteiger charge is 2.37. The van der Waals surface area contributed by atoms with Crippen molar-refractivity contribution >= 4 is 39.0 Å². The Kier molecular flexibility index (Phi) is 7.19. The Morgan fingerprint density at radius 2 is 0.943 bits per heavy atom. The zero-order valence-corrected chi connectivity index (χ0v) is 29.8. The van der Waals surface area contributed by atoms with E-state index in [2.05, 4.69) is 207 Å². The summed E-state index contributed by atoms with van der Waals surface area (Å²) < 4.78 is 6.93. The predicted molar refractivity (Wildman–Crippen MR) is 222 cm³/mol. The summed E-state index contributed by atoms with van der Waals surface area (Å²) in [5.74, 6) is 0. The average Bonchev–Trinajstić information content (AvgIpc) is 3.72. The maximum Gasteiger partial charge on any atom is 0.145 e. The van der Waals surface area contributed by atoms with E-state index in [9.17, 15) is 0 Å². The van der Waals surface area contributed by atoms with Gasteiger partial charge in [0.25, 0.3) is 0 Å². The Hall–Kier alpha value is -6.64. The van der Waals surface area contributed by atoms with E-state index in [0.29, 0.717) is 0 Å². The highest BCUT2D eigenvalue weighted by atomic mass is 16.3. The molecule has 8 aromatic carbocycles. The van der Waals surface area contributed by atoms with E-state index in [-0.39, 0.29) is 5.41 Å². The summed E-state index contributed by atoms with van der Waals surface area (Å²) in [6.45, 7) is 4.68. The fourth-order valence-electron chi connectivity index (χ4n) is 8.48. The highest BCUT2D eigenvalue weighted by Crippen LogP contribution is 2.54. The smallest absolute Gasteiger partial charge is 0.145 e. The van der Waals surface area contributed by atoms with Crippen LogP contribution in [-0.4, -0.2) is 0 Å². The first kappa shape index (κ1) is 31.1. The number of furan rings is 1. The van der Waals surface area contributed by atoms with Gasteiger partial charge in [0.2, 0.25) is 0 Å². The molecule has 1 aliphatic carbocycles. The Bertz CT molecular complexity index is 2690. The number of hydrogen-bond acceptors (Lipinski definition) is 2. The van der Waals surface area contributed by atoms with Crippen molar-refractivity contribution in [2.45, 2.75) is 19.3 Å². The largest absolute Gasteiger partial charge is 0.455 e. The van der Waals surface area contributed by atoms with Crippen molar-refractivity contribution in [3.8, 4) is 44.5 Å².